The van der Waals surface area contributed by atoms with Gasteiger partial charge in [-0.15, -0.1) is 0 Å². The molecule has 6 nitrogen and oxygen atoms in total. The van der Waals surface area contributed by atoms with Crippen molar-refractivity contribution in [3.63, 3.8) is 0 Å². The normalized spacial score (nSPS) is 21.5. The number of nitrogens with zero attached hydrogens (tertiary/aromatic N) is 4. The van der Waals surface area contributed by atoms with Crippen molar-refractivity contribution < 1.29 is 4.79 Å². The van der Waals surface area contributed by atoms with E-state index in [1.807, 2.05) is 5.01 Å². The minimum atomic E-state index is 0.0857. The number of para-hydroxylation sites is 1. The summed E-state index contributed by atoms with van der Waals surface area (Å²) in [5.41, 5.74) is 1.11. The smallest absolute Gasteiger partial charge is 0.245 e. The summed E-state index contributed by atoms with van der Waals surface area (Å²) < 4.78 is 2.09. The molecule has 1 aromatic heterocycles. The summed E-state index contributed by atoms with van der Waals surface area (Å²) in [4.78, 5) is 18.4. The molecule has 4 rings (SSSR count). The van der Waals surface area contributed by atoms with Crippen molar-refractivity contribution in [2.45, 2.75) is 25.7 Å². The lowest BCUT2D eigenvalue weighted by Gasteiger charge is -2.33. The molecule has 2 saturated heterocycles. The molecule has 0 spiro atoms. The van der Waals surface area contributed by atoms with Crippen molar-refractivity contribution in [2.24, 2.45) is 5.92 Å². The Morgan fingerprint density at radius 1 is 1.14 bits per heavy atom. The summed E-state index contributed by atoms with van der Waals surface area (Å²) in [6.07, 6.45) is 6.29. The lowest BCUT2D eigenvalue weighted by Crippen LogP contribution is -2.48. The molecule has 158 valence electrons. The Hall–Kier alpha value is -1.89. The predicted molar refractivity (Wildman–Crippen MR) is 119 cm³/mol. The van der Waals surface area contributed by atoms with E-state index in [1.165, 1.54) is 5.39 Å². The number of fused-ring (bicyclic) bond motifs is 1. The number of hydrogen-bond donors (Lipinski definition) is 1. The molecule has 29 heavy (non-hydrogen) atoms. The van der Waals surface area contributed by atoms with Crippen molar-refractivity contribution >= 4 is 16.8 Å². The third kappa shape index (κ3) is 5.00. The van der Waals surface area contributed by atoms with Crippen LogP contribution in [0.15, 0.2) is 36.5 Å². The summed E-state index contributed by atoms with van der Waals surface area (Å²) in [6, 6.07) is 10.4. The molecule has 0 saturated carbocycles. The summed E-state index contributed by atoms with van der Waals surface area (Å²) >= 11 is 0. The first kappa shape index (κ1) is 20.4. The Morgan fingerprint density at radius 2 is 1.97 bits per heavy atom. The van der Waals surface area contributed by atoms with Crippen LogP contribution in [0.4, 0.5) is 0 Å². The minimum Gasteiger partial charge on any atom is -0.316 e. The second-order valence-corrected chi connectivity index (χ2v) is 8.58. The minimum absolute atomic E-state index is 0.0857. The van der Waals surface area contributed by atoms with E-state index in [9.17, 15) is 4.79 Å². The number of unbranched alkanes of at least 4 members (excludes halogenated alkanes) is 1. The van der Waals surface area contributed by atoms with Crippen molar-refractivity contribution in [3.05, 3.63) is 36.5 Å². The highest BCUT2D eigenvalue weighted by molar-refractivity contribution is 5.91. The predicted octanol–water partition coefficient (Wildman–Crippen LogP) is 2.13. The first-order valence-electron chi connectivity index (χ1n) is 11.2. The Labute approximate surface area is 174 Å². The number of carbonyl (C=O) groups excluding carboxylic acids is 1. The quantitative estimate of drug-likeness (QED) is 0.727. The van der Waals surface area contributed by atoms with Gasteiger partial charge in [0.25, 0.3) is 0 Å². The van der Waals surface area contributed by atoms with Crippen LogP contribution in [0.5, 0.6) is 0 Å². The van der Waals surface area contributed by atoms with Gasteiger partial charge < -0.3 is 15.1 Å². The van der Waals surface area contributed by atoms with E-state index in [0.717, 1.165) is 83.6 Å². The molecule has 1 atom stereocenters. The molecule has 6 heteroatoms. The molecule has 2 aromatic rings. The monoisotopic (exact) mass is 397 g/mol. The molecule has 0 aliphatic carbocycles. The van der Waals surface area contributed by atoms with E-state index in [2.05, 4.69) is 63.4 Å². The van der Waals surface area contributed by atoms with E-state index in [1.54, 1.807) is 0 Å². The van der Waals surface area contributed by atoms with Gasteiger partial charge in [0.05, 0.1) is 11.4 Å². The number of benzene rings is 1. The van der Waals surface area contributed by atoms with Gasteiger partial charge in [0.2, 0.25) is 5.91 Å². The van der Waals surface area contributed by atoms with Crippen LogP contribution in [0.2, 0.25) is 0 Å². The van der Waals surface area contributed by atoms with Gasteiger partial charge in [-0.3, -0.25) is 9.47 Å². The van der Waals surface area contributed by atoms with Crippen LogP contribution in [0.1, 0.15) is 25.7 Å². The SMILES string of the molecule is CN1CCN(CCCCN(C(=O)C2CCCNC2)n2ccc3ccccc32)CC1. The number of aromatic nitrogens is 1. The van der Waals surface area contributed by atoms with Gasteiger partial charge in [0.15, 0.2) is 0 Å². The molecular formula is C23H35N5O. The topological polar surface area (TPSA) is 43.8 Å². The van der Waals surface area contributed by atoms with Crippen LogP contribution in [0.25, 0.3) is 10.9 Å². The fourth-order valence-corrected chi connectivity index (χ4v) is 4.54. The maximum absolute atomic E-state index is 13.4. The standard InChI is InChI=1S/C23H35N5O/c1-25-15-17-26(18-16-25)12-4-5-13-28(23(29)21-8-6-11-24-19-21)27-14-10-20-7-2-3-9-22(20)27/h2-3,7,9-10,14,21,24H,4-6,8,11-13,15-19H2,1H3. The molecule has 1 unspecified atom stereocenters. The van der Waals surface area contributed by atoms with E-state index < -0.39 is 0 Å². The van der Waals surface area contributed by atoms with E-state index in [0.29, 0.717) is 0 Å². The number of nitrogens with one attached hydrogen (secondary N) is 1. The first-order valence-corrected chi connectivity index (χ1v) is 11.2. The van der Waals surface area contributed by atoms with Gasteiger partial charge >= 0.3 is 0 Å². The van der Waals surface area contributed by atoms with E-state index in [4.69, 9.17) is 0 Å². The highest BCUT2D eigenvalue weighted by Crippen LogP contribution is 2.19. The molecular weight excluding hydrogens is 362 g/mol. The van der Waals surface area contributed by atoms with Crippen LogP contribution in [-0.2, 0) is 4.79 Å². The highest BCUT2D eigenvalue weighted by Gasteiger charge is 2.27. The molecule has 2 aliphatic rings. The molecule has 2 fully saturated rings. The third-order valence-electron chi connectivity index (χ3n) is 6.43. The zero-order valence-corrected chi connectivity index (χ0v) is 17.7. The number of likely N-dealkylation sites (N-methyl/N-ethyl adjacent to an activating group) is 1. The largest absolute Gasteiger partial charge is 0.316 e. The van der Waals surface area contributed by atoms with Crippen LogP contribution in [-0.4, -0.2) is 79.8 Å². The lowest BCUT2D eigenvalue weighted by atomic mass is 9.98. The summed E-state index contributed by atoms with van der Waals surface area (Å²) in [6.45, 7) is 8.39. The van der Waals surface area contributed by atoms with Crippen molar-refractivity contribution in [1.82, 2.24) is 19.8 Å². The average molecular weight is 398 g/mol. The van der Waals surface area contributed by atoms with Gasteiger partial charge in [-0.05, 0) is 58.0 Å². The molecule has 1 amide bonds. The number of piperazine rings is 1. The number of carbonyl (C=O) groups is 1. The Morgan fingerprint density at radius 3 is 2.76 bits per heavy atom. The number of amides is 1. The molecule has 1 aromatic carbocycles. The van der Waals surface area contributed by atoms with Crippen molar-refractivity contribution in [1.29, 1.82) is 0 Å². The first-order chi connectivity index (χ1) is 14.2. The van der Waals surface area contributed by atoms with Gasteiger partial charge in [0, 0.05) is 50.9 Å². The molecule has 1 N–H and O–H groups in total. The third-order valence-corrected chi connectivity index (χ3v) is 6.43. The Balaban J connectivity index is 1.41. The maximum atomic E-state index is 13.4. The highest BCUT2D eigenvalue weighted by atomic mass is 16.2. The van der Waals surface area contributed by atoms with Crippen LogP contribution < -0.4 is 10.3 Å². The summed E-state index contributed by atoms with van der Waals surface area (Å²) in [7, 11) is 2.20. The summed E-state index contributed by atoms with van der Waals surface area (Å²) in [5, 5.41) is 6.59. The maximum Gasteiger partial charge on any atom is 0.245 e. The van der Waals surface area contributed by atoms with Crippen LogP contribution in [0, 0.1) is 5.92 Å². The number of hydrogen-bond acceptors (Lipinski definition) is 4. The Bertz CT molecular complexity index is 789. The number of rotatable bonds is 7. The van der Waals surface area contributed by atoms with Gasteiger partial charge in [-0.2, -0.15) is 0 Å². The van der Waals surface area contributed by atoms with Crippen LogP contribution >= 0.6 is 0 Å². The molecule has 2 aliphatic heterocycles. The van der Waals surface area contributed by atoms with Gasteiger partial charge in [-0.1, -0.05) is 18.2 Å². The molecule has 0 bridgehead atoms. The molecule has 3 heterocycles. The van der Waals surface area contributed by atoms with Crippen molar-refractivity contribution in [2.75, 3.05) is 64.4 Å². The molecule has 0 radical (unpaired) electrons. The van der Waals surface area contributed by atoms with Gasteiger partial charge in [0.1, 0.15) is 0 Å². The van der Waals surface area contributed by atoms with Crippen LogP contribution in [0.3, 0.4) is 0 Å². The average Bonchev–Trinajstić information content (AvgIpc) is 3.19. The van der Waals surface area contributed by atoms with E-state index >= 15 is 0 Å². The zero-order valence-electron chi connectivity index (χ0n) is 17.7. The lowest BCUT2D eigenvalue weighted by molar-refractivity contribution is -0.124. The fourth-order valence-electron chi connectivity index (χ4n) is 4.54. The van der Waals surface area contributed by atoms with E-state index in [-0.39, 0.29) is 11.8 Å². The zero-order chi connectivity index (χ0) is 20.1. The second kappa shape index (κ2) is 9.74. The summed E-state index contributed by atoms with van der Waals surface area (Å²) in [5.74, 6) is 0.348. The van der Waals surface area contributed by atoms with Gasteiger partial charge in [-0.25, -0.2) is 5.01 Å². The second-order valence-electron chi connectivity index (χ2n) is 8.58. The number of piperidine rings is 1. The fraction of sp³-hybridized carbons (Fsp3) is 0.609. The van der Waals surface area contributed by atoms with Crippen molar-refractivity contribution in [3.8, 4) is 0 Å². The Kier molecular flexibility index (Phi) is 6.85.